The van der Waals surface area contributed by atoms with Crippen molar-refractivity contribution in [3.63, 3.8) is 0 Å². The Hall–Kier alpha value is -1.96. The van der Waals surface area contributed by atoms with Gasteiger partial charge in [0.2, 0.25) is 0 Å². The standard InChI is InChI=1S/C12H8N2/c1-2-4-10-6-12-11(5-9(10)3-1)7-13-8-14-12/h1-8H/i8D. The third-order valence-electron chi connectivity index (χ3n) is 2.33. The Morgan fingerprint density at radius 1 is 1.00 bits per heavy atom. The molecular weight excluding hydrogens is 172 g/mol. The van der Waals surface area contributed by atoms with Crippen molar-refractivity contribution in [3.8, 4) is 0 Å². The maximum atomic E-state index is 7.36. The highest BCUT2D eigenvalue weighted by Gasteiger charge is 1.96. The zero-order valence-corrected chi connectivity index (χ0v) is 7.44. The minimum Gasteiger partial charge on any atom is -0.244 e. The number of aromatic nitrogens is 2. The van der Waals surface area contributed by atoms with E-state index in [-0.39, 0.29) is 6.30 Å². The maximum Gasteiger partial charge on any atom is 0.116 e. The lowest BCUT2D eigenvalue weighted by molar-refractivity contribution is 1.22. The fraction of sp³-hybridized carbons (Fsp3) is 0. The third kappa shape index (κ3) is 1.04. The summed E-state index contributed by atoms with van der Waals surface area (Å²) in [5.74, 6) is 0. The van der Waals surface area contributed by atoms with Crippen molar-refractivity contribution < 1.29 is 1.37 Å². The van der Waals surface area contributed by atoms with Crippen molar-refractivity contribution in [3.05, 3.63) is 48.9 Å². The van der Waals surface area contributed by atoms with E-state index in [1.165, 1.54) is 5.39 Å². The number of hydrogen-bond acceptors (Lipinski definition) is 2. The average Bonchev–Trinajstić information content (AvgIpc) is 2.26. The number of hydrogen-bond donors (Lipinski definition) is 0. The van der Waals surface area contributed by atoms with Gasteiger partial charge in [0.05, 0.1) is 5.52 Å². The molecule has 2 nitrogen and oxygen atoms in total. The van der Waals surface area contributed by atoms with Gasteiger partial charge in [-0.2, -0.15) is 0 Å². The van der Waals surface area contributed by atoms with E-state index in [0.29, 0.717) is 0 Å². The van der Waals surface area contributed by atoms with E-state index in [4.69, 9.17) is 1.37 Å². The number of rotatable bonds is 0. The topological polar surface area (TPSA) is 25.8 Å². The average molecular weight is 181 g/mol. The molecule has 2 heteroatoms. The molecule has 14 heavy (non-hydrogen) atoms. The molecule has 3 aromatic rings. The van der Waals surface area contributed by atoms with Crippen molar-refractivity contribution in [1.82, 2.24) is 9.97 Å². The Balaban J connectivity index is 2.47. The van der Waals surface area contributed by atoms with Crippen molar-refractivity contribution in [2.24, 2.45) is 0 Å². The summed E-state index contributed by atoms with van der Waals surface area (Å²) < 4.78 is 7.36. The molecule has 0 amide bonds. The Bertz CT molecular complexity index is 649. The zero-order valence-electron chi connectivity index (χ0n) is 8.44. The molecule has 0 aliphatic rings. The van der Waals surface area contributed by atoms with Crippen LogP contribution in [0.4, 0.5) is 0 Å². The lowest BCUT2D eigenvalue weighted by Gasteiger charge is -1.99. The van der Waals surface area contributed by atoms with E-state index in [1.54, 1.807) is 6.20 Å². The van der Waals surface area contributed by atoms with Gasteiger partial charge in [0.15, 0.2) is 0 Å². The van der Waals surface area contributed by atoms with Gasteiger partial charge >= 0.3 is 0 Å². The Morgan fingerprint density at radius 3 is 2.64 bits per heavy atom. The number of nitrogens with zero attached hydrogens (tertiary/aromatic N) is 2. The van der Waals surface area contributed by atoms with E-state index in [2.05, 4.69) is 16.0 Å². The van der Waals surface area contributed by atoms with E-state index in [1.807, 2.05) is 30.3 Å². The summed E-state index contributed by atoms with van der Waals surface area (Å²) in [4.78, 5) is 7.95. The molecule has 1 aromatic heterocycles. The van der Waals surface area contributed by atoms with Gasteiger partial charge in [-0.25, -0.2) is 9.97 Å². The van der Waals surface area contributed by atoms with Crippen molar-refractivity contribution in [2.45, 2.75) is 0 Å². The highest BCUT2D eigenvalue weighted by Crippen LogP contribution is 2.19. The van der Waals surface area contributed by atoms with Gasteiger partial charge in [-0.15, -0.1) is 0 Å². The fourth-order valence-corrected chi connectivity index (χ4v) is 1.63. The Morgan fingerprint density at radius 2 is 1.79 bits per heavy atom. The summed E-state index contributed by atoms with van der Waals surface area (Å²) in [6.45, 7) is 0. The molecule has 0 fully saturated rings. The van der Waals surface area contributed by atoms with Gasteiger partial charge in [-0.05, 0) is 22.9 Å². The molecule has 1 heterocycles. The first kappa shape index (κ1) is 6.49. The molecule has 3 rings (SSSR count). The molecule has 0 aliphatic carbocycles. The van der Waals surface area contributed by atoms with Gasteiger partial charge in [0.1, 0.15) is 7.67 Å². The first-order chi connectivity index (χ1) is 7.33. The van der Waals surface area contributed by atoms with Crippen LogP contribution in [0.25, 0.3) is 21.7 Å². The first-order valence-electron chi connectivity index (χ1n) is 4.95. The van der Waals surface area contributed by atoms with Crippen LogP contribution in [0.5, 0.6) is 0 Å². The molecule has 0 saturated heterocycles. The smallest absolute Gasteiger partial charge is 0.116 e. The van der Waals surface area contributed by atoms with Crippen LogP contribution in [0.15, 0.2) is 48.9 Å². The molecule has 0 radical (unpaired) electrons. The van der Waals surface area contributed by atoms with Gasteiger partial charge in [-0.1, -0.05) is 24.3 Å². The van der Waals surface area contributed by atoms with Gasteiger partial charge in [0.25, 0.3) is 0 Å². The van der Waals surface area contributed by atoms with Crippen molar-refractivity contribution in [1.29, 1.82) is 0 Å². The molecule has 0 bridgehead atoms. The van der Waals surface area contributed by atoms with Crippen LogP contribution in [0, 0.1) is 0 Å². The van der Waals surface area contributed by atoms with E-state index in [0.717, 1.165) is 16.3 Å². The molecule has 0 unspecified atom stereocenters. The van der Waals surface area contributed by atoms with Crippen molar-refractivity contribution in [2.75, 3.05) is 0 Å². The lowest BCUT2D eigenvalue weighted by Crippen LogP contribution is -1.81. The van der Waals surface area contributed by atoms with Crippen LogP contribution < -0.4 is 0 Å². The predicted octanol–water partition coefficient (Wildman–Crippen LogP) is 2.78. The molecule has 0 spiro atoms. The number of benzene rings is 2. The van der Waals surface area contributed by atoms with Crippen molar-refractivity contribution >= 4 is 21.7 Å². The number of fused-ring (bicyclic) bond motifs is 2. The van der Waals surface area contributed by atoms with E-state index in [9.17, 15) is 0 Å². The largest absolute Gasteiger partial charge is 0.244 e. The summed E-state index contributed by atoms with van der Waals surface area (Å²) in [5.41, 5.74) is 0.828. The van der Waals surface area contributed by atoms with E-state index < -0.39 is 0 Å². The highest BCUT2D eigenvalue weighted by atomic mass is 14.8. The van der Waals surface area contributed by atoms with Gasteiger partial charge < -0.3 is 0 Å². The van der Waals surface area contributed by atoms with Crippen LogP contribution in [-0.2, 0) is 0 Å². The molecule has 0 aliphatic heterocycles. The summed E-state index contributed by atoms with van der Waals surface area (Å²) in [6.07, 6.45) is 1.76. The summed E-state index contributed by atoms with van der Waals surface area (Å²) in [7, 11) is 0. The predicted molar refractivity (Wildman–Crippen MR) is 57.0 cm³/mol. The Labute approximate surface area is 82.6 Å². The van der Waals surface area contributed by atoms with E-state index >= 15 is 0 Å². The zero-order chi connectivity index (χ0) is 10.3. The molecule has 0 atom stereocenters. The molecule has 66 valence electrons. The normalized spacial score (nSPS) is 11.9. The van der Waals surface area contributed by atoms with Crippen LogP contribution in [0.3, 0.4) is 0 Å². The molecule has 2 aromatic carbocycles. The van der Waals surface area contributed by atoms with Crippen LogP contribution in [-0.4, -0.2) is 9.97 Å². The van der Waals surface area contributed by atoms with Crippen LogP contribution in [0.2, 0.25) is 0 Å². The molecule has 0 N–H and O–H groups in total. The quantitative estimate of drug-likeness (QED) is 0.498. The van der Waals surface area contributed by atoms with Gasteiger partial charge in [-0.3, -0.25) is 0 Å². The Kier molecular flexibility index (Phi) is 1.28. The van der Waals surface area contributed by atoms with Crippen LogP contribution >= 0.6 is 0 Å². The second-order valence-corrected chi connectivity index (χ2v) is 3.23. The second-order valence-electron chi connectivity index (χ2n) is 3.23. The summed E-state index contributed by atoms with van der Waals surface area (Å²) in [6, 6.07) is 12.1. The highest BCUT2D eigenvalue weighted by molar-refractivity contribution is 5.95. The second kappa shape index (κ2) is 2.77. The monoisotopic (exact) mass is 181 g/mol. The summed E-state index contributed by atoms with van der Waals surface area (Å²) in [5, 5.41) is 3.29. The minimum absolute atomic E-state index is 0.0674. The van der Waals surface area contributed by atoms with Crippen LogP contribution in [0.1, 0.15) is 1.37 Å². The summed E-state index contributed by atoms with van der Waals surface area (Å²) >= 11 is 0. The third-order valence-corrected chi connectivity index (χ3v) is 2.33. The fourth-order valence-electron chi connectivity index (χ4n) is 1.63. The SMILES string of the molecule is [2H]c1ncc2cc3ccccc3cc2n1. The lowest BCUT2D eigenvalue weighted by atomic mass is 10.1. The minimum atomic E-state index is 0.0674. The first-order valence-corrected chi connectivity index (χ1v) is 4.45. The van der Waals surface area contributed by atoms with Gasteiger partial charge in [0, 0.05) is 11.6 Å². The maximum absolute atomic E-state index is 7.36. The molecular formula is C12H8N2. The molecule has 0 saturated carbocycles.